The standard InChI is InChI=1S/C10H13N3O4S2/c1-5-6(4-8(15)16)19-10(12-5)18-3-2-7(14)13-9(11)17/h2-4H2,1H3,(H,15,16)(H3,11,13,14,17). The molecule has 0 aromatic carbocycles. The largest absolute Gasteiger partial charge is 0.481 e. The number of carboxylic acids is 1. The van der Waals surface area contributed by atoms with Gasteiger partial charge in [-0.25, -0.2) is 9.78 Å². The summed E-state index contributed by atoms with van der Waals surface area (Å²) in [6.45, 7) is 1.75. The molecule has 1 heterocycles. The molecule has 0 aliphatic carbocycles. The Morgan fingerprint density at radius 2 is 2.16 bits per heavy atom. The number of primary amides is 1. The van der Waals surface area contributed by atoms with Crippen molar-refractivity contribution in [1.29, 1.82) is 0 Å². The molecule has 0 aliphatic heterocycles. The van der Waals surface area contributed by atoms with E-state index in [1.807, 2.05) is 5.32 Å². The lowest BCUT2D eigenvalue weighted by Crippen LogP contribution is -2.35. The van der Waals surface area contributed by atoms with Gasteiger partial charge in [-0.05, 0) is 6.92 Å². The smallest absolute Gasteiger partial charge is 0.318 e. The summed E-state index contributed by atoms with van der Waals surface area (Å²) in [6.07, 6.45) is 0.0900. The molecule has 1 aromatic rings. The van der Waals surface area contributed by atoms with E-state index >= 15 is 0 Å². The fraction of sp³-hybridized carbons (Fsp3) is 0.400. The molecule has 0 radical (unpaired) electrons. The lowest BCUT2D eigenvalue weighted by atomic mass is 10.3. The van der Waals surface area contributed by atoms with Crippen LogP contribution >= 0.6 is 23.1 Å². The van der Waals surface area contributed by atoms with Gasteiger partial charge in [0.2, 0.25) is 5.91 Å². The predicted molar refractivity (Wildman–Crippen MR) is 71.3 cm³/mol. The molecule has 0 spiro atoms. The Kier molecular flexibility index (Phi) is 5.77. The predicted octanol–water partition coefficient (Wildman–Crippen LogP) is 0.756. The monoisotopic (exact) mass is 303 g/mol. The number of hydrogen-bond donors (Lipinski definition) is 3. The number of thioether (sulfide) groups is 1. The van der Waals surface area contributed by atoms with Crippen LogP contribution in [0, 0.1) is 6.92 Å². The van der Waals surface area contributed by atoms with Crippen molar-refractivity contribution in [1.82, 2.24) is 10.3 Å². The van der Waals surface area contributed by atoms with Gasteiger partial charge in [0.1, 0.15) is 4.34 Å². The normalized spacial score (nSPS) is 10.2. The second-order valence-corrected chi connectivity index (χ2v) is 6.00. The topological polar surface area (TPSA) is 122 Å². The fourth-order valence-electron chi connectivity index (χ4n) is 1.20. The number of urea groups is 1. The number of carboxylic acid groups (broad SMARTS) is 1. The van der Waals surface area contributed by atoms with E-state index in [-0.39, 0.29) is 12.8 Å². The summed E-state index contributed by atoms with van der Waals surface area (Å²) >= 11 is 2.64. The number of imide groups is 1. The van der Waals surface area contributed by atoms with Crippen molar-refractivity contribution in [3.63, 3.8) is 0 Å². The molecule has 19 heavy (non-hydrogen) atoms. The second kappa shape index (κ2) is 7.10. The average Bonchev–Trinajstić information content (AvgIpc) is 2.57. The Morgan fingerprint density at radius 1 is 1.47 bits per heavy atom. The van der Waals surface area contributed by atoms with Crippen LogP contribution in [0.2, 0.25) is 0 Å². The minimum absolute atomic E-state index is 0.0494. The van der Waals surface area contributed by atoms with Crippen molar-refractivity contribution < 1.29 is 19.5 Å². The first-order valence-corrected chi connectivity index (χ1v) is 7.09. The molecule has 1 aromatic heterocycles. The number of amides is 3. The highest BCUT2D eigenvalue weighted by Crippen LogP contribution is 2.27. The summed E-state index contributed by atoms with van der Waals surface area (Å²) in [6, 6.07) is -0.871. The number of aliphatic carboxylic acids is 1. The van der Waals surface area contributed by atoms with Gasteiger partial charge in [-0.1, -0.05) is 11.8 Å². The van der Waals surface area contributed by atoms with Crippen LogP contribution in [0.4, 0.5) is 4.79 Å². The van der Waals surface area contributed by atoms with Crippen molar-refractivity contribution in [3.8, 4) is 0 Å². The highest BCUT2D eigenvalue weighted by Gasteiger charge is 2.12. The first-order chi connectivity index (χ1) is 8.88. The number of thiazole rings is 1. The molecular weight excluding hydrogens is 290 g/mol. The summed E-state index contributed by atoms with van der Waals surface area (Å²) in [7, 11) is 0. The summed E-state index contributed by atoms with van der Waals surface area (Å²) in [5, 5.41) is 10.7. The first-order valence-electron chi connectivity index (χ1n) is 5.28. The molecule has 0 atom stereocenters. The lowest BCUT2D eigenvalue weighted by molar-refractivity contribution is -0.136. The number of carbonyl (C=O) groups excluding carboxylic acids is 2. The van der Waals surface area contributed by atoms with E-state index in [1.54, 1.807) is 6.92 Å². The van der Waals surface area contributed by atoms with Gasteiger partial charge in [0.15, 0.2) is 0 Å². The van der Waals surface area contributed by atoms with Crippen LogP contribution < -0.4 is 11.1 Å². The quantitative estimate of drug-likeness (QED) is 0.667. The molecule has 9 heteroatoms. The van der Waals surface area contributed by atoms with Gasteiger partial charge in [-0.2, -0.15) is 0 Å². The fourth-order valence-corrected chi connectivity index (χ4v) is 3.43. The number of aromatic nitrogens is 1. The molecule has 1 rings (SSSR count). The molecule has 0 saturated heterocycles. The molecule has 0 saturated carbocycles. The molecule has 0 fully saturated rings. The third-order valence-electron chi connectivity index (χ3n) is 2.00. The molecule has 0 bridgehead atoms. The summed E-state index contributed by atoms with van der Waals surface area (Å²) in [5.41, 5.74) is 5.49. The van der Waals surface area contributed by atoms with Gasteiger partial charge in [-0.3, -0.25) is 14.9 Å². The molecule has 4 N–H and O–H groups in total. The third kappa shape index (κ3) is 5.71. The number of hydrogen-bond acceptors (Lipinski definition) is 6. The van der Waals surface area contributed by atoms with Crippen LogP contribution in [0.25, 0.3) is 0 Å². The Balaban J connectivity index is 2.43. The van der Waals surface area contributed by atoms with Crippen LogP contribution in [-0.4, -0.2) is 33.8 Å². The first kappa shape index (κ1) is 15.4. The van der Waals surface area contributed by atoms with Crippen LogP contribution in [0.3, 0.4) is 0 Å². The van der Waals surface area contributed by atoms with Crippen LogP contribution in [0.1, 0.15) is 17.0 Å². The van der Waals surface area contributed by atoms with E-state index in [9.17, 15) is 14.4 Å². The van der Waals surface area contributed by atoms with E-state index in [0.29, 0.717) is 20.7 Å². The summed E-state index contributed by atoms with van der Waals surface area (Å²) < 4.78 is 0.709. The second-order valence-electron chi connectivity index (χ2n) is 3.57. The van der Waals surface area contributed by atoms with Crippen molar-refractivity contribution >= 4 is 41.0 Å². The van der Waals surface area contributed by atoms with Gasteiger partial charge in [0.05, 0.1) is 12.1 Å². The van der Waals surface area contributed by atoms with E-state index in [2.05, 4.69) is 4.98 Å². The maximum Gasteiger partial charge on any atom is 0.318 e. The molecule has 0 unspecified atom stereocenters. The van der Waals surface area contributed by atoms with E-state index in [0.717, 1.165) is 0 Å². The SMILES string of the molecule is Cc1nc(SCCC(=O)NC(N)=O)sc1CC(=O)O. The summed E-state index contributed by atoms with van der Waals surface area (Å²) in [4.78, 5) is 37.1. The highest BCUT2D eigenvalue weighted by atomic mass is 32.2. The minimum Gasteiger partial charge on any atom is -0.481 e. The van der Waals surface area contributed by atoms with Gasteiger partial charge < -0.3 is 10.8 Å². The third-order valence-corrected chi connectivity index (χ3v) is 4.30. The zero-order valence-electron chi connectivity index (χ0n) is 10.1. The number of aryl methyl sites for hydroxylation is 1. The summed E-state index contributed by atoms with van der Waals surface area (Å²) in [5.74, 6) is -0.901. The average molecular weight is 303 g/mol. The van der Waals surface area contributed by atoms with Gasteiger partial charge in [-0.15, -0.1) is 11.3 Å². The van der Waals surface area contributed by atoms with Crippen molar-refractivity contribution in [2.24, 2.45) is 5.73 Å². The Bertz CT molecular complexity index is 501. The highest BCUT2D eigenvalue weighted by molar-refractivity contribution is 8.01. The van der Waals surface area contributed by atoms with Crippen LogP contribution in [0.15, 0.2) is 4.34 Å². The Morgan fingerprint density at radius 3 is 2.74 bits per heavy atom. The van der Waals surface area contributed by atoms with Gasteiger partial charge in [0.25, 0.3) is 0 Å². The zero-order chi connectivity index (χ0) is 14.4. The number of nitrogens with two attached hydrogens (primary N) is 1. The van der Waals surface area contributed by atoms with E-state index in [1.165, 1.54) is 23.1 Å². The molecule has 104 valence electrons. The number of rotatable bonds is 6. The van der Waals surface area contributed by atoms with Crippen molar-refractivity contribution in [3.05, 3.63) is 10.6 Å². The molecule has 7 nitrogen and oxygen atoms in total. The Labute approximate surface area is 117 Å². The number of carbonyl (C=O) groups is 3. The lowest BCUT2D eigenvalue weighted by Gasteiger charge is -1.98. The minimum atomic E-state index is -0.899. The Hall–Kier alpha value is -1.61. The molecule has 3 amide bonds. The molecular formula is C10H13N3O4S2. The van der Waals surface area contributed by atoms with Crippen molar-refractivity contribution in [2.45, 2.75) is 24.1 Å². The maximum absolute atomic E-state index is 11.1. The van der Waals surface area contributed by atoms with E-state index < -0.39 is 17.9 Å². The molecule has 0 aliphatic rings. The number of nitrogens with zero attached hydrogens (tertiary/aromatic N) is 1. The number of nitrogens with one attached hydrogen (secondary N) is 1. The maximum atomic E-state index is 11.1. The van der Waals surface area contributed by atoms with E-state index in [4.69, 9.17) is 10.8 Å². The van der Waals surface area contributed by atoms with Crippen LogP contribution in [0.5, 0.6) is 0 Å². The van der Waals surface area contributed by atoms with Gasteiger partial charge in [0, 0.05) is 17.1 Å². The van der Waals surface area contributed by atoms with Crippen LogP contribution in [-0.2, 0) is 16.0 Å². The zero-order valence-corrected chi connectivity index (χ0v) is 11.8. The van der Waals surface area contributed by atoms with Crippen molar-refractivity contribution in [2.75, 3.05) is 5.75 Å². The van der Waals surface area contributed by atoms with Gasteiger partial charge >= 0.3 is 12.0 Å².